The van der Waals surface area contributed by atoms with Gasteiger partial charge in [-0.25, -0.2) is 4.79 Å². The van der Waals surface area contributed by atoms with Crippen molar-refractivity contribution in [3.8, 4) is 0 Å². The number of nitrogens with zero attached hydrogens (tertiary/aromatic N) is 2. The van der Waals surface area contributed by atoms with Crippen molar-refractivity contribution >= 4 is 23.7 Å². The van der Waals surface area contributed by atoms with E-state index >= 15 is 0 Å². The highest BCUT2D eigenvalue weighted by Gasteiger charge is 2.34. The summed E-state index contributed by atoms with van der Waals surface area (Å²) < 4.78 is 29.7. The molecular formula is C11H17N3O5. The van der Waals surface area contributed by atoms with Crippen LogP contribution in [0.2, 0.25) is 0 Å². The molecule has 1 aliphatic rings. The summed E-state index contributed by atoms with van der Waals surface area (Å²) >= 11 is 0. The molecule has 0 aromatic carbocycles. The number of likely N-dealkylation sites (N-methyl/N-ethyl adjacent to an activating group) is 1. The van der Waals surface area contributed by atoms with Crippen LogP contribution in [0.25, 0.3) is 0 Å². The quantitative estimate of drug-likeness (QED) is 0.289. The van der Waals surface area contributed by atoms with Crippen LogP contribution in [0.3, 0.4) is 0 Å². The number of hydrogen-bond donors (Lipinski definition) is 1. The third kappa shape index (κ3) is 4.32. The molecule has 106 valence electrons. The number of amides is 3. The fourth-order valence-electron chi connectivity index (χ4n) is 1.30. The molecule has 8 nitrogen and oxygen atoms in total. The Hall–Kier alpha value is -1.96. The number of carbonyl (C=O) groups is 4. The molecule has 1 aliphatic heterocycles. The Balaban J connectivity index is 2.96. The average Bonchev–Trinajstić information content (AvgIpc) is 2.67. The second kappa shape index (κ2) is 6.28. The van der Waals surface area contributed by atoms with Gasteiger partial charge < -0.3 is 15.1 Å². The second-order valence-corrected chi connectivity index (χ2v) is 4.12. The van der Waals surface area contributed by atoms with Crippen molar-refractivity contribution in [2.24, 2.45) is 0 Å². The summed E-state index contributed by atoms with van der Waals surface area (Å²) in [5.74, 6) is -4.29. The molecule has 8 heteroatoms. The SMILES string of the molecule is [2H]C([2H])([2H])C([2H])(N[13C](=[18O])C[15N](C)C)C(=O)ON1C(=O)CCC1=O. The highest BCUT2D eigenvalue weighted by molar-refractivity contribution is 6.01. The zero-order valence-electron chi connectivity index (χ0n) is 14.6. The highest BCUT2D eigenvalue weighted by atomic mass is 18.1. The standard InChI is InChI=1S/C11H17N3O5/c1-7(12-8(15)6-13(2)3)11(18)19-14-9(16)4-5-10(14)17/h7H,4-6H2,1-3H3,(H,12,15)/i1D3,7D,8+1,13+1,15+2. The van der Waals surface area contributed by atoms with Crippen molar-refractivity contribution in [3.05, 3.63) is 0 Å². The van der Waals surface area contributed by atoms with Gasteiger partial charge in [0.2, 0.25) is 5.91 Å². The minimum atomic E-state index is -3.28. The fraction of sp³-hybridized carbons (Fsp3) is 0.636. The number of nitrogens with one attached hydrogen (secondary N) is 1. The van der Waals surface area contributed by atoms with E-state index in [1.807, 2.05) is 0 Å². The van der Waals surface area contributed by atoms with Gasteiger partial charge in [-0.05, 0) is 20.9 Å². The highest BCUT2D eigenvalue weighted by Crippen LogP contribution is 2.12. The van der Waals surface area contributed by atoms with Gasteiger partial charge in [-0.3, -0.25) is 14.4 Å². The second-order valence-electron chi connectivity index (χ2n) is 4.12. The molecule has 1 saturated heterocycles. The van der Waals surface area contributed by atoms with Gasteiger partial charge in [0.15, 0.2) is 0 Å². The van der Waals surface area contributed by atoms with E-state index in [2.05, 4.69) is 4.84 Å². The number of carbonyl (C=O) groups excluding carboxylic acids is 4. The van der Waals surface area contributed by atoms with E-state index in [-0.39, 0.29) is 24.4 Å². The first kappa shape index (κ1) is 9.90. The Morgan fingerprint density at radius 2 is 2.16 bits per heavy atom. The summed E-state index contributed by atoms with van der Waals surface area (Å²) in [6.07, 6.45) is -0.365. The summed E-state index contributed by atoms with van der Waals surface area (Å²) in [7, 11) is 3.06. The molecule has 0 aromatic rings. The summed E-state index contributed by atoms with van der Waals surface area (Å²) in [6.45, 7) is -3.55. The largest absolute Gasteiger partial charge is 0.354 e. The minimum absolute atomic E-state index is 0.121. The molecular weight excluding hydrogens is 258 g/mol. The Morgan fingerprint density at radius 3 is 2.63 bits per heavy atom. The van der Waals surface area contributed by atoms with Crippen LogP contribution in [0, 0.1) is 0 Å². The van der Waals surface area contributed by atoms with Crippen LogP contribution in [-0.2, 0) is 24.0 Å². The molecule has 1 heterocycles. The fourth-order valence-corrected chi connectivity index (χ4v) is 1.30. The first-order valence-electron chi connectivity index (χ1n) is 7.42. The van der Waals surface area contributed by atoms with E-state index in [0.717, 1.165) is 0 Å². The number of imide groups is 1. The van der Waals surface area contributed by atoms with Gasteiger partial charge in [-0.2, -0.15) is 0 Å². The maximum absolute atomic E-state index is 12.0. The van der Waals surface area contributed by atoms with Crippen molar-refractivity contribution in [1.29, 1.82) is 0 Å². The van der Waals surface area contributed by atoms with E-state index < -0.39 is 36.6 Å². The summed E-state index contributed by atoms with van der Waals surface area (Å²) in [4.78, 5) is 52.4. The van der Waals surface area contributed by atoms with Crippen LogP contribution in [0.5, 0.6) is 0 Å². The molecule has 3 amide bonds. The lowest BCUT2D eigenvalue weighted by atomic mass is 10.4. The number of hydroxylamine groups is 2. The maximum atomic E-state index is 12.0. The lowest BCUT2D eigenvalue weighted by molar-refractivity contribution is -0.198. The number of hydrogen-bond acceptors (Lipinski definition) is 6. The molecule has 0 bridgehead atoms. The predicted molar refractivity (Wildman–Crippen MR) is 63.3 cm³/mol. The van der Waals surface area contributed by atoms with E-state index in [1.165, 1.54) is 19.0 Å². The van der Waals surface area contributed by atoms with Gasteiger partial charge in [0.05, 0.1) is 7.92 Å². The summed E-state index contributed by atoms with van der Waals surface area (Å²) in [5.41, 5.74) is 0. The van der Waals surface area contributed by atoms with Gasteiger partial charge in [0, 0.05) is 17.0 Å². The molecule has 19 heavy (non-hydrogen) atoms. The van der Waals surface area contributed by atoms with Crippen molar-refractivity contribution in [2.75, 3.05) is 20.6 Å². The zero-order chi connectivity index (χ0) is 18.0. The zero-order valence-corrected chi connectivity index (χ0v) is 10.6. The Bertz CT molecular complexity index is 520. The third-order valence-electron chi connectivity index (χ3n) is 2.11. The lowest BCUT2D eigenvalue weighted by Crippen LogP contribution is -2.45. The van der Waals surface area contributed by atoms with Crippen molar-refractivity contribution in [3.63, 3.8) is 0 Å². The molecule has 0 aromatic heterocycles. The van der Waals surface area contributed by atoms with Crippen molar-refractivity contribution in [1.82, 2.24) is 15.3 Å². The van der Waals surface area contributed by atoms with E-state index in [4.69, 9.17) is 5.48 Å². The minimum Gasteiger partial charge on any atom is -0.342 e. The van der Waals surface area contributed by atoms with Gasteiger partial charge in [-0.15, -0.1) is 5.06 Å². The van der Waals surface area contributed by atoms with Crippen LogP contribution in [-0.4, -0.2) is 60.3 Å². The van der Waals surface area contributed by atoms with Gasteiger partial charge >= 0.3 is 5.97 Å². The first-order chi connectivity index (χ1) is 10.4. The maximum Gasteiger partial charge on any atom is 0.354 e. The van der Waals surface area contributed by atoms with Gasteiger partial charge in [0.25, 0.3) is 11.8 Å². The topological polar surface area (TPSA) is 96.0 Å². The number of rotatable bonds is 5. The van der Waals surface area contributed by atoms with Crippen LogP contribution in [0.4, 0.5) is 0 Å². The van der Waals surface area contributed by atoms with Crippen LogP contribution in [0.15, 0.2) is 0 Å². The third-order valence-corrected chi connectivity index (χ3v) is 2.11. The summed E-state index contributed by atoms with van der Waals surface area (Å²) in [5, 5.41) is 1.89. The molecule has 0 radical (unpaired) electrons. The smallest absolute Gasteiger partial charge is 0.342 e. The molecule has 1 rings (SSSR count). The van der Waals surface area contributed by atoms with E-state index in [1.54, 1.807) is 5.32 Å². The van der Waals surface area contributed by atoms with Crippen LogP contribution >= 0.6 is 0 Å². The molecule has 1 atom stereocenters. The van der Waals surface area contributed by atoms with E-state index in [9.17, 15) is 19.2 Å². The summed E-state index contributed by atoms with van der Waals surface area (Å²) in [6, 6.07) is -3.15. The van der Waals surface area contributed by atoms with Gasteiger partial charge in [0.1, 0.15) is 6.02 Å². The Kier molecular flexibility index (Phi) is 3.27. The average molecular weight is 279 g/mol. The Labute approximate surface area is 116 Å². The van der Waals surface area contributed by atoms with Crippen LogP contribution < -0.4 is 5.32 Å². The van der Waals surface area contributed by atoms with E-state index in [0.29, 0.717) is 0 Å². The first-order valence-corrected chi connectivity index (χ1v) is 5.42. The molecule has 0 aliphatic carbocycles. The molecule has 1 unspecified atom stereocenters. The van der Waals surface area contributed by atoms with Crippen molar-refractivity contribution in [2.45, 2.75) is 25.7 Å². The van der Waals surface area contributed by atoms with Crippen molar-refractivity contribution < 1.29 is 29.5 Å². The predicted octanol–water partition coefficient (Wildman–Crippen LogP) is -1.34. The lowest BCUT2D eigenvalue weighted by Gasteiger charge is -2.18. The molecule has 1 N–H and O–H groups in total. The normalized spacial score (nSPS) is 22.2. The van der Waals surface area contributed by atoms with Gasteiger partial charge in [-0.1, -0.05) is 0 Å². The monoisotopic (exact) mass is 279 g/mol. The molecule has 0 spiro atoms. The molecule has 1 fully saturated rings. The molecule has 0 saturated carbocycles. The van der Waals surface area contributed by atoms with Crippen LogP contribution in [0.1, 0.15) is 25.2 Å². The Morgan fingerprint density at radius 1 is 1.58 bits per heavy atom.